The van der Waals surface area contributed by atoms with Crippen molar-refractivity contribution >= 4 is 28.8 Å². The number of halogens is 1. The molecule has 5 rings (SSSR count). The van der Waals surface area contributed by atoms with E-state index in [2.05, 4.69) is 10.4 Å². The van der Waals surface area contributed by atoms with Gasteiger partial charge in [-0.25, -0.2) is 4.98 Å². The number of hydrogen-bond donors (Lipinski definition) is 1. The molecule has 3 aromatic carbocycles. The Bertz CT molecular complexity index is 1330. The summed E-state index contributed by atoms with van der Waals surface area (Å²) in [5, 5.41) is 8.78. The summed E-state index contributed by atoms with van der Waals surface area (Å²) >= 11 is 6.08. The average molecular weight is 427 g/mol. The van der Waals surface area contributed by atoms with Crippen LogP contribution in [0.4, 0.5) is 11.5 Å². The highest BCUT2D eigenvalue weighted by atomic mass is 35.5. The molecule has 0 fully saturated rings. The summed E-state index contributed by atoms with van der Waals surface area (Å²) in [5.74, 6) is 1.62. The molecule has 0 aliphatic heterocycles. The van der Waals surface area contributed by atoms with Gasteiger partial charge in [0.25, 0.3) is 0 Å². The minimum absolute atomic E-state index is 0.694. The lowest BCUT2D eigenvalue weighted by Crippen LogP contribution is -2.02. The van der Waals surface area contributed by atoms with E-state index in [-0.39, 0.29) is 0 Å². The highest BCUT2D eigenvalue weighted by Gasteiger charge is 2.14. The first kappa shape index (κ1) is 19.2. The van der Waals surface area contributed by atoms with Crippen molar-refractivity contribution in [2.75, 3.05) is 12.4 Å². The molecule has 6 heteroatoms. The molecule has 0 saturated heterocycles. The number of rotatable bonds is 5. The Balaban J connectivity index is 1.66. The van der Waals surface area contributed by atoms with Crippen LogP contribution in [-0.2, 0) is 0 Å². The van der Waals surface area contributed by atoms with E-state index >= 15 is 0 Å². The summed E-state index contributed by atoms with van der Waals surface area (Å²) in [6.07, 6.45) is 1.83. The van der Waals surface area contributed by atoms with E-state index in [1.807, 2.05) is 95.6 Å². The van der Waals surface area contributed by atoms with Crippen molar-refractivity contribution in [2.45, 2.75) is 0 Å². The van der Waals surface area contributed by atoms with Gasteiger partial charge >= 0.3 is 0 Å². The Morgan fingerprint density at radius 3 is 2.32 bits per heavy atom. The second kappa shape index (κ2) is 8.13. The Morgan fingerprint density at radius 1 is 0.871 bits per heavy atom. The maximum Gasteiger partial charge on any atom is 0.165 e. The lowest BCUT2D eigenvalue weighted by Gasteiger charge is -2.12. The van der Waals surface area contributed by atoms with Gasteiger partial charge in [0, 0.05) is 27.9 Å². The number of methoxy groups -OCH3 is 1. The number of aromatic nitrogens is 3. The van der Waals surface area contributed by atoms with Gasteiger partial charge in [-0.1, -0.05) is 54.1 Å². The molecule has 1 N–H and O–H groups in total. The molecular formula is C25H19ClN4O. The van der Waals surface area contributed by atoms with Crippen LogP contribution in [0.2, 0.25) is 5.02 Å². The number of hydrogen-bond acceptors (Lipinski definition) is 4. The number of ether oxygens (including phenoxy) is 1. The maximum absolute atomic E-state index is 6.08. The van der Waals surface area contributed by atoms with E-state index in [1.54, 1.807) is 7.11 Å². The molecule has 152 valence electrons. The van der Waals surface area contributed by atoms with E-state index < -0.39 is 0 Å². The largest absolute Gasteiger partial charge is 0.497 e. The zero-order valence-electron chi connectivity index (χ0n) is 16.8. The molecule has 0 aliphatic carbocycles. The van der Waals surface area contributed by atoms with E-state index in [0.29, 0.717) is 5.02 Å². The summed E-state index contributed by atoms with van der Waals surface area (Å²) in [4.78, 5) is 4.94. The van der Waals surface area contributed by atoms with Gasteiger partial charge in [-0.05, 0) is 42.0 Å². The van der Waals surface area contributed by atoms with E-state index in [0.717, 1.165) is 45.3 Å². The second-order valence-electron chi connectivity index (χ2n) is 7.05. The van der Waals surface area contributed by atoms with Crippen molar-refractivity contribution in [3.05, 3.63) is 96.1 Å². The molecule has 5 aromatic rings. The van der Waals surface area contributed by atoms with Gasteiger partial charge in [-0.15, -0.1) is 0 Å². The quantitative estimate of drug-likeness (QED) is 0.350. The Kier molecular flexibility index (Phi) is 5.02. The van der Waals surface area contributed by atoms with E-state index in [9.17, 15) is 0 Å². The molecule has 0 spiro atoms. The van der Waals surface area contributed by atoms with Crippen LogP contribution in [-0.4, -0.2) is 21.7 Å². The molecule has 5 nitrogen and oxygen atoms in total. The monoisotopic (exact) mass is 426 g/mol. The molecule has 0 unspecified atom stereocenters. The van der Waals surface area contributed by atoms with Crippen molar-refractivity contribution in [1.82, 2.24) is 14.6 Å². The third kappa shape index (κ3) is 3.83. The van der Waals surface area contributed by atoms with Crippen LogP contribution in [0.5, 0.6) is 5.75 Å². The van der Waals surface area contributed by atoms with Crippen molar-refractivity contribution in [2.24, 2.45) is 0 Å². The number of benzene rings is 3. The molecule has 0 radical (unpaired) electrons. The van der Waals surface area contributed by atoms with Gasteiger partial charge in [-0.2, -0.15) is 9.61 Å². The van der Waals surface area contributed by atoms with Gasteiger partial charge in [0.15, 0.2) is 5.65 Å². The van der Waals surface area contributed by atoms with Crippen LogP contribution in [0.1, 0.15) is 0 Å². The molecule has 0 bridgehead atoms. The molecule has 2 heterocycles. The minimum atomic E-state index is 0.694. The zero-order valence-corrected chi connectivity index (χ0v) is 17.5. The maximum atomic E-state index is 6.08. The van der Waals surface area contributed by atoms with Crippen molar-refractivity contribution in [1.29, 1.82) is 0 Å². The summed E-state index contributed by atoms with van der Waals surface area (Å²) in [7, 11) is 1.66. The fourth-order valence-corrected chi connectivity index (χ4v) is 3.59. The topological polar surface area (TPSA) is 51.5 Å². The Hall–Kier alpha value is -3.83. The summed E-state index contributed by atoms with van der Waals surface area (Å²) in [6, 6.07) is 27.6. The van der Waals surface area contributed by atoms with Crippen molar-refractivity contribution in [3.63, 3.8) is 0 Å². The van der Waals surface area contributed by atoms with Crippen molar-refractivity contribution < 1.29 is 4.74 Å². The number of nitrogens with one attached hydrogen (secondary N) is 1. The SMILES string of the molecule is COc1ccc(Nc2cc(-c3ccccc3)nc3c(-c4ccc(Cl)cc4)cnn23)cc1. The zero-order chi connectivity index (χ0) is 21.2. The fourth-order valence-electron chi connectivity index (χ4n) is 3.46. The standard InChI is InChI=1S/C25H19ClN4O/c1-31-21-13-11-20(12-14-21)28-24-15-23(18-5-3-2-4-6-18)29-25-22(16-27-30(24)25)17-7-9-19(26)10-8-17/h2-16,28H,1H3. The summed E-state index contributed by atoms with van der Waals surface area (Å²) in [6.45, 7) is 0. The Labute approximate surface area is 184 Å². The highest BCUT2D eigenvalue weighted by molar-refractivity contribution is 6.30. The lowest BCUT2D eigenvalue weighted by atomic mass is 10.1. The third-order valence-electron chi connectivity index (χ3n) is 5.06. The first-order valence-corrected chi connectivity index (χ1v) is 10.2. The van der Waals surface area contributed by atoms with Crippen LogP contribution >= 0.6 is 11.6 Å². The molecule has 0 aliphatic rings. The summed E-state index contributed by atoms with van der Waals surface area (Å²) < 4.78 is 7.08. The molecule has 31 heavy (non-hydrogen) atoms. The molecule has 0 atom stereocenters. The minimum Gasteiger partial charge on any atom is -0.497 e. The average Bonchev–Trinajstić information content (AvgIpc) is 3.25. The van der Waals surface area contributed by atoms with Crippen LogP contribution < -0.4 is 10.1 Å². The van der Waals surface area contributed by atoms with E-state index in [4.69, 9.17) is 21.3 Å². The third-order valence-corrected chi connectivity index (χ3v) is 5.31. The molecule has 0 amide bonds. The molecule has 0 saturated carbocycles. The fraction of sp³-hybridized carbons (Fsp3) is 0.0400. The normalized spacial score (nSPS) is 10.9. The first-order valence-electron chi connectivity index (χ1n) is 9.82. The van der Waals surface area contributed by atoms with Crippen molar-refractivity contribution in [3.8, 4) is 28.1 Å². The van der Waals surface area contributed by atoms with E-state index in [1.165, 1.54) is 0 Å². The first-order chi connectivity index (χ1) is 15.2. The number of nitrogens with zero attached hydrogens (tertiary/aromatic N) is 3. The smallest absolute Gasteiger partial charge is 0.165 e. The molecule has 2 aromatic heterocycles. The number of fused-ring (bicyclic) bond motifs is 1. The van der Waals surface area contributed by atoms with Gasteiger partial charge < -0.3 is 10.1 Å². The Morgan fingerprint density at radius 2 is 1.61 bits per heavy atom. The summed E-state index contributed by atoms with van der Waals surface area (Å²) in [5.41, 5.74) is 5.53. The van der Waals surface area contributed by atoms with Crippen LogP contribution in [0.3, 0.4) is 0 Å². The molecular weight excluding hydrogens is 408 g/mol. The van der Waals surface area contributed by atoms with Crippen LogP contribution in [0.25, 0.3) is 28.0 Å². The van der Waals surface area contributed by atoms with Gasteiger partial charge in [0.1, 0.15) is 11.6 Å². The van der Waals surface area contributed by atoms with Gasteiger partial charge in [0.05, 0.1) is 19.0 Å². The lowest BCUT2D eigenvalue weighted by molar-refractivity contribution is 0.415. The predicted octanol–water partition coefficient (Wildman–Crippen LogP) is 6.47. The van der Waals surface area contributed by atoms with Crippen LogP contribution in [0, 0.1) is 0 Å². The highest BCUT2D eigenvalue weighted by Crippen LogP contribution is 2.31. The predicted molar refractivity (Wildman–Crippen MR) is 125 cm³/mol. The van der Waals surface area contributed by atoms with Gasteiger partial charge in [-0.3, -0.25) is 0 Å². The van der Waals surface area contributed by atoms with Gasteiger partial charge in [0.2, 0.25) is 0 Å². The second-order valence-corrected chi connectivity index (χ2v) is 7.48. The number of anilines is 2. The van der Waals surface area contributed by atoms with Crippen LogP contribution in [0.15, 0.2) is 91.1 Å².